The van der Waals surface area contributed by atoms with Crippen molar-refractivity contribution in [3.05, 3.63) is 35.4 Å². The van der Waals surface area contributed by atoms with Crippen molar-refractivity contribution < 1.29 is 4.79 Å². The zero-order valence-corrected chi connectivity index (χ0v) is 13.9. The number of aryl methyl sites for hydroxylation is 1. The molecule has 3 nitrogen and oxygen atoms in total. The predicted molar refractivity (Wildman–Crippen MR) is 88.3 cm³/mol. The van der Waals surface area contributed by atoms with Gasteiger partial charge in [-0.2, -0.15) is 11.8 Å². The van der Waals surface area contributed by atoms with E-state index in [0.717, 1.165) is 24.3 Å². The molecule has 21 heavy (non-hydrogen) atoms. The summed E-state index contributed by atoms with van der Waals surface area (Å²) in [7, 11) is 0. The van der Waals surface area contributed by atoms with E-state index < -0.39 is 0 Å². The van der Waals surface area contributed by atoms with E-state index in [-0.39, 0.29) is 17.7 Å². The van der Waals surface area contributed by atoms with Crippen molar-refractivity contribution in [3.63, 3.8) is 0 Å². The largest absolute Gasteiger partial charge is 0.318 e. The number of nitrogens with zero attached hydrogens (tertiary/aromatic N) is 1. The third-order valence-electron chi connectivity index (χ3n) is 4.52. The van der Waals surface area contributed by atoms with Crippen molar-refractivity contribution in [2.75, 3.05) is 11.5 Å². The number of benzene rings is 1. The maximum absolute atomic E-state index is 12.8. The smallest absolute Gasteiger partial charge is 0.244 e. The minimum atomic E-state index is -0.249. The van der Waals surface area contributed by atoms with Crippen molar-refractivity contribution in [2.24, 2.45) is 0 Å². The molecule has 1 amide bonds. The number of hydrogen-bond donors (Lipinski definition) is 1. The molecule has 114 valence electrons. The average Bonchev–Trinajstić information content (AvgIpc) is 3.19. The summed E-state index contributed by atoms with van der Waals surface area (Å²) in [4.78, 5) is 14.9. The van der Waals surface area contributed by atoms with Gasteiger partial charge in [-0.15, -0.1) is 0 Å². The number of thioether (sulfide) groups is 1. The number of nitrogens with one attached hydrogen (secondary N) is 1. The number of carbonyl (C=O) groups is 1. The first-order chi connectivity index (χ1) is 10.1. The molecule has 1 saturated carbocycles. The molecule has 2 aliphatic rings. The number of hydrogen-bond acceptors (Lipinski definition) is 3. The highest BCUT2D eigenvalue weighted by Gasteiger charge is 2.60. The minimum absolute atomic E-state index is 0.0352. The van der Waals surface area contributed by atoms with Gasteiger partial charge in [0, 0.05) is 11.8 Å². The molecule has 1 aromatic carbocycles. The number of amides is 1. The second-order valence-corrected chi connectivity index (χ2v) is 7.58. The lowest BCUT2D eigenvalue weighted by atomic mass is 10.1. The summed E-state index contributed by atoms with van der Waals surface area (Å²) < 4.78 is 0. The summed E-state index contributed by atoms with van der Waals surface area (Å²) in [5.41, 5.74) is 2.21. The second-order valence-electron chi connectivity index (χ2n) is 6.26. The van der Waals surface area contributed by atoms with Gasteiger partial charge < -0.3 is 4.90 Å². The van der Waals surface area contributed by atoms with E-state index >= 15 is 0 Å². The second kappa shape index (κ2) is 5.65. The zero-order valence-electron chi connectivity index (χ0n) is 13.1. The quantitative estimate of drug-likeness (QED) is 0.907. The summed E-state index contributed by atoms with van der Waals surface area (Å²) in [6.07, 6.45) is 2.00. The molecular weight excluding hydrogens is 280 g/mol. The molecule has 1 aliphatic heterocycles. The first kappa shape index (κ1) is 14.9. The van der Waals surface area contributed by atoms with Gasteiger partial charge in [-0.05, 0) is 38.0 Å². The van der Waals surface area contributed by atoms with Crippen LogP contribution < -0.4 is 5.32 Å². The first-order valence-corrected chi connectivity index (χ1v) is 8.97. The van der Waals surface area contributed by atoms with E-state index in [1.54, 1.807) is 0 Å². The fourth-order valence-corrected chi connectivity index (χ4v) is 3.79. The van der Waals surface area contributed by atoms with Gasteiger partial charge in [-0.25, -0.2) is 0 Å². The monoisotopic (exact) mass is 304 g/mol. The lowest BCUT2D eigenvalue weighted by molar-refractivity contribution is -0.132. The summed E-state index contributed by atoms with van der Waals surface area (Å²) >= 11 is 1.90. The Morgan fingerprint density at radius 3 is 2.62 bits per heavy atom. The molecular formula is C17H24N2OS. The van der Waals surface area contributed by atoms with Crippen LogP contribution in [0.5, 0.6) is 0 Å². The number of rotatable bonds is 5. The molecule has 0 bridgehead atoms. The molecule has 2 fully saturated rings. The molecule has 1 N–H and O–H groups in total. The third kappa shape index (κ3) is 2.71. The van der Waals surface area contributed by atoms with Gasteiger partial charge in [0.25, 0.3) is 0 Å². The van der Waals surface area contributed by atoms with E-state index in [9.17, 15) is 4.79 Å². The average molecular weight is 304 g/mol. The summed E-state index contributed by atoms with van der Waals surface area (Å²) in [6, 6.07) is 8.82. The fourth-order valence-electron chi connectivity index (χ4n) is 3.06. The van der Waals surface area contributed by atoms with Crippen LogP contribution in [-0.2, 0) is 4.79 Å². The summed E-state index contributed by atoms with van der Waals surface area (Å²) in [5.74, 6) is 2.40. The summed E-state index contributed by atoms with van der Waals surface area (Å²) in [5, 5.41) is 3.60. The molecule has 3 rings (SSSR count). The van der Waals surface area contributed by atoms with Gasteiger partial charge in [0.1, 0.15) is 11.7 Å². The molecule has 2 unspecified atom stereocenters. The molecule has 1 spiro atoms. The van der Waals surface area contributed by atoms with E-state index in [4.69, 9.17) is 0 Å². The van der Waals surface area contributed by atoms with Crippen molar-refractivity contribution in [2.45, 2.75) is 51.4 Å². The Morgan fingerprint density at radius 1 is 1.38 bits per heavy atom. The first-order valence-electron chi connectivity index (χ1n) is 7.82. The molecule has 4 heteroatoms. The highest BCUT2D eigenvalue weighted by Crippen LogP contribution is 2.46. The predicted octanol–water partition coefficient (Wildman–Crippen LogP) is 3.10. The third-order valence-corrected chi connectivity index (χ3v) is 5.64. The normalized spacial score (nSPS) is 24.6. The molecule has 1 aliphatic carbocycles. The van der Waals surface area contributed by atoms with Crippen molar-refractivity contribution in [1.29, 1.82) is 0 Å². The standard InChI is InChI=1S/C17H24N2OS/c1-4-21-11-13(3)19-15(14-7-5-12(2)6-8-14)18-17(9-10-17)16(19)20/h5-8,13,15,18H,4,9-11H2,1-3H3. The van der Waals surface area contributed by atoms with Crippen molar-refractivity contribution in [3.8, 4) is 0 Å². The Morgan fingerprint density at radius 2 is 2.05 bits per heavy atom. The molecule has 2 atom stereocenters. The number of carbonyl (C=O) groups excluding carboxylic acids is 1. The highest BCUT2D eigenvalue weighted by molar-refractivity contribution is 7.99. The Kier molecular flexibility index (Phi) is 4.02. The fraction of sp³-hybridized carbons (Fsp3) is 0.588. The van der Waals surface area contributed by atoms with Crippen LogP contribution in [0, 0.1) is 6.92 Å². The topological polar surface area (TPSA) is 32.3 Å². The van der Waals surface area contributed by atoms with Gasteiger partial charge in [-0.1, -0.05) is 36.8 Å². The van der Waals surface area contributed by atoms with Crippen LogP contribution in [-0.4, -0.2) is 33.9 Å². The lowest BCUT2D eigenvalue weighted by Gasteiger charge is -2.30. The Bertz CT molecular complexity index is 524. The van der Waals surface area contributed by atoms with E-state index in [1.165, 1.54) is 11.1 Å². The Labute approximate surface area is 131 Å². The van der Waals surface area contributed by atoms with Gasteiger partial charge in [-0.3, -0.25) is 10.1 Å². The van der Waals surface area contributed by atoms with Gasteiger partial charge in [0.05, 0.1) is 0 Å². The highest BCUT2D eigenvalue weighted by atomic mass is 32.2. The molecule has 0 radical (unpaired) electrons. The molecule has 0 aromatic heterocycles. The van der Waals surface area contributed by atoms with Gasteiger partial charge in [0.2, 0.25) is 5.91 Å². The zero-order chi connectivity index (χ0) is 15.0. The van der Waals surface area contributed by atoms with Crippen LogP contribution in [0.2, 0.25) is 0 Å². The molecule has 1 heterocycles. The van der Waals surface area contributed by atoms with Gasteiger partial charge in [0.15, 0.2) is 0 Å². The van der Waals surface area contributed by atoms with E-state index in [1.807, 2.05) is 11.8 Å². The lowest BCUT2D eigenvalue weighted by Crippen LogP contribution is -2.40. The van der Waals surface area contributed by atoms with Crippen molar-refractivity contribution in [1.82, 2.24) is 10.2 Å². The van der Waals surface area contributed by atoms with Crippen LogP contribution in [0.4, 0.5) is 0 Å². The maximum Gasteiger partial charge on any atom is 0.244 e. The van der Waals surface area contributed by atoms with Crippen LogP contribution in [0.3, 0.4) is 0 Å². The molecule has 1 saturated heterocycles. The maximum atomic E-state index is 12.8. The minimum Gasteiger partial charge on any atom is -0.318 e. The van der Waals surface area contributed by atoms with Crippen LogP contribution >= 0.6 is 11.8 Å². The van der Waals surface area contributed by atoms with Crippen LogP contribution in [0.15, 0.2) is 24.3 Å². The van der Waals surface area contributed by atoms with E-state index in [2.05, 4.69) is 55.3 Å². The van der Waals surface area contributed by atoms with Crippen molar-refractivity contribution >= 4 is 17.7 Å². The summed E-state index contributed by atoms with van der Waals surface area (Å²) in [6.45, 7) is 6.43. The van der Waals surface area contributed by atoms with E-state index in [0.29, 0.717) is 5.91 Å². The Balaban J connectivity index is 1.85. The van der Waals surface area contributed by atoms with Crippen LogP contribution in [0.25, 0.3) is 0 Å². The van der Waals surface area contributed by atoms with Gasteiger partial charge >= 0.3 is 0 Å². The molecule has 1 aromatic rings. The SMILES string of the molecule is CCSCC(C)N1C(=O)C2(CC2)NC1c1ccc(C)cc1. The van der Waals surface area contributed by atoms with Crippen LogP contribution in [0.1, 0.15) is 44.0 Å². The Hall–Kier alpha value is -1.00.